The van der Waals surface area contributed by atoms with E-state index in [2.05, 4.69) is 9.97 Å². The maximum Gasteiger partial charge on any atom is 0.279 e. The summed E-state index contributed by atoms with van der Waals surface area (Å²) in [6, 6.07) is 7.72. The average Bonchev–Trinajstić information content (AvgIpc) is 3.41. The Hall–Kier alpha value is -3.73. The molecule has 0 saturated heterocycles. The number of imidazole rings is 1. The fraction of sp³-hybridized carbons (Fsp3) is 0.269. The fourth-order valence-corrected chi connectivity index (χ4v) is 5.12. The zero-order chi connectivity index (χ0) is 27.3. The Balaban J connectivity index is 1.81. The van der Waals surface area contributed by atoms with Crippen LogP contribution in [0.2, 0.25) is 10.0 Å². The first kappa shape index (κ1) is 25.9. The van der Waals surface area contributed by atoms with Crippen molar-refractivity contribution in [1.29, 1.82) is 0 Å². The summed E-state index contributed by atoms with van der Waals surface area (Å²) in [6.45, 7) is 3.57. The highest BCUT2D eigenvalue weighted by atomic mass is 35.5. The van der Waals surface area contributed by atoms with Crippen LogP contribution in [0.1, 0.15) is 53.5 Å². The van der Waals surface area contributed by atoms with E-state index in [1.54, 1.807) is 19.2 Å². The number of hydrogen-bond donors (Lipinski definition) is 1. The summed E-state index contributed by atoms with van der Waals surface area (Å²) < 4.78 is 8.74. The van der Waals surface area contributed by atoms with Gasteiger partial charge in [0.1, 0.15) is 24.2 Å². The standard InChI is InChI=1S/C26H24Cl2N6O4/c1-13(2)33-22-20(31-23(33)17-10-29-19(12-35)30-24(17)38-4)26(37)34(18-9-16(28)11-32(3)25(18)36)21(22)14-5-7-15(27)8-6-14/h5-11,13,21,35H,12H2,1-4H3/t21-/m0/s1. The Bertz CT molecular complexity index is 1610. The number of nitrogens with zero attached hydrogens (tertiary/aromatic N) is 6. The molecule has 1 N–H and O–H groups in total. The van der Waals surface area contributed by atoms with Crippen LogP contribution in [0.4, 0.5) is 5.69 Å². The molecule has 0 spiro atoms. The summed E-state index contributed by atoms with van der Waals surface area (Å²) in [5, 5.41) is 10.3. The number of aliphatic hydroxyl groups is 1. The summed E-state index contributed by atoms with van der Waals surface area (Å²) in [6.07, 6.45) is 3.01. The first-order valence-electron chi connectivity index (χ1n) is 11.7. The van der Waals surface area contributed by atoms with Crippen molar-refractivity contribution in [2.75, 3.05) is 12.0 Å². The van der Waals surface area contributed by atoms with Crippen molar-refractivity contribution in [3.63, 3.8) is 0 Å². The molecule has 196 valence electrons. The van der Waals surface area contributed by atoms with Crippen LogP contribution in [0, 0.1) is 0 Å². The number of methoxy groups -OCH3 is 1. The molecule has 0 radical (unpaired) electrons. The van der Waals surface area contributed by atoms with Gasteiger partial charge in [-0.3, -0.25) is 14.5 Å². The zero-order valence-electron chi connectivity index (χ0n) is 21.0. The summed E-state index contributed by atoms with van der Waals surface area (Å²) in [5.41, 5.74) is 1.73. The summed E-state index contributed by atoms with van der Waals surface area (Å²) in [4.78, 5) is 41.9. The van der Waals surface area contributed by atoms with Gasteiger partial charge in [0.05, 0.1) is 23.4 Å². The Labute approximate surface area is 228 Å². The number of anilines is 1. The van der Waals surface area contributed by atoms with E-state index in [4.69, 9.17) is 32.9 Å². The normalized spacial score (nSPS) is 14.9. The average molecular weight is 555 g/mol. The number of aryl methyl sites for hydroxylation is 1. The van der Waals surface area contributed by atoms with Crippen molar-refractivity contribution < 1.29 is 14.6 Å². The van der Waals surface area contributed by atoms with Gasteiger partial charge in [0, 0.05) is 30.5 Å². The lowest BCUT2D eigenvalue weighted by Crippen LogP contribution is -2.36. The van der Waals surface area contributed by atoms with E-state index < -0.39 is 11.9 Å². The number of carbonyl (C=O) groups is 1. The molecule has 4 heterocycles. The molecule has 38 heavy (non-hydrogen) atoms. The molecule has 1 aromatic carbocycles. The molecule has 5 rings (SSSR count). The molecule has 10 nitrogen and oxygen atoms in total. The zero-order valence-corrected chi connectivity index (χ0v) is 22.5. The van der Waals surface area contributed by atoms with Crippen LogP contribution in [-0.4, -0.2) is 42.2 Å². The molecule has 0 bridgehead atoms. The molecule has 3 aromatic heterocycles. The molecule has 1 aliphatic heterocycles. The Kier molecular flexibility index (Phi) is 6.72. The second-order valence-electron chi connectivity index (χ2n) is 9.09. The van der Waals surface area contributed by atoms with Gasteiger partial charge < -0.3 is 19.0 Å². The van der Waals surface area contributed by atoms with Crippen molar-refractivity contribution in [2.24, 2.45) is 7.05 Å². The van der Waals surface area contributed by atoms with E-state index >= 15 is 0 Å². The molecule has 0 fully saturated rings. The van der Waals surface area contributed by atoms with Crippen LogP contribution >= 0.6 is 23.2 Å². The first-order chi connectivity index (χ1) is 18.2. The van der Waals surface area contributed by atoms with Crippen LogP contribution in [0.25, 0.3) is 11.4 Å². The molecule has 4 aromatic rings. The number of hydrogen-bond acceptors (Lipinski definition) is 7. The van der Waals surface area contributed by atoms with Gasteiger partial charge in [-0.05, 0) is 37.6 Å². The third kappa shape index (κ3) is 4.14. The molecule has 1 aliphatic rings. The third-order valence-electron chi connectivity index (χ3n) is 6.36. The van der Waals surface area contributed by atoms with Crippen molar-refractivity contribution in [3.05, 3.63) is 85.9 Å². The van der Waals surface area contributed by atoms with Crippen molar-refractivity contribution >= 4 is 34.8 Å². The molecule has 1 atom stereocenters. The van der Waals surface area contributed by atoms with Gasteiger partial charge in [0.2, 0.25) is 5.88 Å². The second kappa shape index (κ2) is 9.86. The van der Waals surface area contributed by atoms with Crippen molar-refractivity contribution in [1.82, 2.24) is 24.1 Å². The van der Waals surface area contributed by atoms with Gasteiger partial charge in [0.15, 0.2) is 11.5 Å². The lowest BCUT2D eigenvalue weighted by molar-refractivity contribution is 0.0989. The second-order valence-corrected chi connectivity index (χ2v) is 9.96. The van der Waals surface area contributed by atoms with Gasteiger partial charge in [-0.15, -0.1) is 0 Å². The van der Waals surface area contributed by atoms with Crippen LogP contribution in [0.15, 0.2) is 47.5 Å². The number of amides is 1. The van der Waals surface area contributed by atoms with E-state index in [0.717, 1.165) is 5.56 Å². The molecular weight excluding hydrogens is 531 g/mol. The minimum Gasteiger partial charge on any atom is -0.480 e. The van der Waals surface area contributed by atoms with Gasteiger partial charge in [-0.1, -0.05) is 35.3 Å². The molecule has 0 saturated carbocycles. The monoisotopic (exact) mass is 554 g/mol. The Morgan fingerprint density at radius 3 is 2.45 bits per heavy atom. The van der Waals surface area contributed by atoms with Gasteiger partial charge in [0.25, 0.3) is 11.5 Å². The Morgan fingerprint density at radius 1 is 1.11 bits per heavy atom. The summed E-state index contributed by atoms with van der Waals surface area (Å²) >= 11 is 12.5. The van der Waals surface area contributed by atoms with Crippen molar-refractivity contribution in [2.45, 2.75) is 32.5 Å². The van der Waals surface area contributed by atoms with E-state index in [-0.39, 0.29) is 41.3 Å². The lowest BCUT2D eigenvalue weighted by atomic mass is 10.0. The number of rotatable bonds is 6. The minimum absolute atomic E-state index is 0.132. The summed E-state index contributed by atoms with van der Waals surface area (Å²) in [7, 11) is 3.04. The van der Waals surface area contributed by atoms with E-state index in [0.29, 0.717) is 27.1 Å². The molecule has 0 unspecified atom stereocenters. The van der Waals surface area contributed by atoms with E-state index in [9.17, 15) is 14.7 Å². The molecule has 0 aliphatic carbocycles. The highest BCUT2D eigenvalue weighted by molar-refractivity contribution is 6.31. The smallest absolute Gasteiger partial charge is 0.279 e. The van der Waals surface area contributed by atoms with E-state index in [1.165, 1.54) is 35.0 Å². The maximum atomic E-state index is 14.0. The van der Waals surface area contributed by atoms with Crippen LogP contribution in [0.3, 0.4) is 0 Å². The predicted molar refractivity (Wildman–Crippen MR) is 143 cm³/mol. The number of pyridine rings is 1. The van der Waals surface area contributed by atoms with Crippen LogP contribution in [0.5, 0.6) is 5.88 Å². The maximum absolute atomic E-state index is 14.0. The molecule has 1 amide bonds. The number of ether oxygens (including phenoxy) is 1. The predicted octanol–water partition coefficient (Wildman–Crippen LogP) is 4.18. The number of fused-ring (bicyclic) bond motifs is 1. The summed E-state index contributed by atoms with van der Waals surface area (Å²) in [5.74, 6) is 0.383. The third-order valence-corrected chi connectivity index (χ3v) is 6.82. The van der Waals surface area contributed by atoms with Gasteiger partial charge >= 0.3 is 0 Å². The topological polar surface area (TPSA) is 115 Å². The number of aliphatic hydroxyl groups excluding tert-OH is 1. The number of benzene rings is 1. The van der Waals surface area contributed by atoms with Crippen LogP contribution < -0.4 is 15.2 Å². The first-order valence-corrected chi connectivity index (χ1v) is 12.5. The van der Waals surface area contributed by atoms with Crippen LogP contribution in [-0.2, 0) is 13.7 Å². The quantitative estimate of drug-likeness (QED) is 0.380. The number of aromatic nitrogens is 5. The highest BCUT2D eigenvalue weighted by Gasteiger charge is 2.46. The highest BCUT2D eigenvalue weighted by Crippen LogP contribution is 2.45. The number of halogens is 2. The lowest BCUT2D eigenvalue weighted by Gasteiger charge is -2.28. The van der Waals surface area contributed by atoms with Crippen molar-refractivity contribution in [3.8, 4) is 17.3 Å². The van der Waals surface area contributed by atoms with Gasteiger partial charge in [-0.25, -0.2) is 9.97 Å². The molecular formula is C26H24Cl2N6O4. The Morgan fingerprint density at radius 2 is 1.82 bits per heavy atom. The van der Waals surface area contributed by atoms with Gasteiger partial charge in [-0.2, -0.15) is 4.98 Å². The largest absolute Gasteiger partial charge is 0.480 e. The minimum atomic E-state index is -0.701. The molecule has 12 heteroatoms. The number of carbonyl (C=O) groups excluding carboxylic acids is 1. The SMILES string of the molecule is COc1nc(CO)ncc1-c1nc2c(n1C(C)C)[C@H](c1ccc(Cl)cc1)N(c1cc(Cl)cn(C)c1=O)C2=O. The van der Waals surface area contributed by atoms with E-state index in [1.807, 2.05) is 30.5 Å². The fourth-order valence-electron chi connectivity index (χ4n) is 4.74.